The van der Waals surface area contributed by atoms with Crippen LogP contribution in [0.5, 0.6) is 5.75 Å². The maximum atomic E-state index is 12.9. The average Bonchev–Trinajstić information content (AvgIpc) is 3.19. The van der Waals surface area contributed by atoms with Crippen molar-refractivity contribution in [1.29, 1.82) is 0 Å². The minimum atomic E-state index is -3.89. The topological polar surface area (TPSA) is 97.1 Å². The monoisotopic (exact) mass is 430 g/mol. The van der Waals surface area contributed by atoms with Crippen molar-refractivity contribution in [2.75, 3.05) is 4.72 Å². The minimum Gasteiger partial charge on any atom is -0.506 e. The van der Waals surface area contributed by atoms with Crippen molar-refractivity contribution in [3.05, 3.63) is 84.4 Å². The molecule has 0 aliphatic rings. The summed E-state index contributed by atoms with van der Waals surface area (Å²) in [5.74, 6) is -0.216. The Hall–Kier alpha value is -3.91. The number of nitrogens with one attached hydrogen (secondary N) is 1. The van der Waals surface area contributed by atoms with Gasteiger partial charge in [0, 0.05) is 6.07 Å². The van der Waals surface area contributed by atoms with E-state index in [1.54, 1.807) is 31.2 Å². The second-order valence-corrected chi connectivity index (χ2v) is 8.93. The van der Waals surface area contributed by atoms with Crippen molar-refractivity contribution >= 4 is 37.5 Å². The molecule has 0 aliphatic heterocycles. The second kappa shape index (κ2) is 7.10. The Bertz CT molecular complexity index is 1530. The van der Waals surface area contributed by atoms with E-state index in [4.69, 9.17) is 0 Å². The van der Waals surface area contributed by atoms with Crippen LogP contribution in [0, 0.1) is 6.92 Å². The first kappa shape index (κ1) is 19.1. The van der Waals surface area contributed by atoms with E-state index in [-0.39, 0.29) is 16.3 Å². The van der Waals surface area contributed by atoms with Crippen LogP contribution < -0.4 is 4.72 Å². The van der Waals surface area contributed by atoms with E-state index >= 15 is 0 Å². The van der Waals surface area contributed by atoms with Crippen LogP contribution in [-0.2, 0) is 10.0 Å². The summed E-state index contributed by atoms with van der Waals surface area (Å²) in [5.41, 5.74) is 2.80. The van der Waals surface area contributed by atoms with Crippen LogP contribution in [0.25, 0.3) is 27.5 Å². The molecule has 1 heterocycles. The molecule has 5 rings (SSSR count). The fourth-order valence-corrected chi connectivity index (χ4v) is 4.59. The molecule has 2 N–H and O–H groups in total. The number of phenolic OH excluding ortho intramolecular Hbond substituents is 1. The lowest BCUT2D eigenvalue weighted by atomic mass is 10.1. The summed E-state index contributed by atoms with van der Waals surface area (Å²) < 4.78 is 28.3. The summed E-state index contributed by atoms with van der Waals surface area (Å²) in [6.45, 7) is 1.80. The minimum absolute atomic E-state index is 0.0890. The molecule has 7 nitrogen and oxygen atoms in total. The zero-order valence-electron chi connectivity index (χ0n) is 16.5. The van der Waals surface area contributed by atoms with Crippen LogP contribution >= 0.6 is 0 Å². The van der Waals surface area contributed by atoms with Crippen LogP contribution in [0.2, 0.25) is 0 Å². The molecule has 0 aliphatic carbocycles. The van der Waals surface area contributed by atoms with Crippen LogP contribution in [0.15, 0.2) is 83.8 Å². The summed E-state index contributed by atoms with van der Waals surface area (Å²) in [6.07, 6.45) is 0. The number of sulfonamides is 1. The lowest BCUT2D eigenvalue weighted by molar-refractivity contribution is 0.476. The maximum Gasteiger partial charge on any atom is 0.262 e. The molecule has 5 aromatic rings. The highest BCUT2D eigenvalue weighted by molar-refractivity contribution is 7.92. The Balaban J connectivity index is 1.50. The van der Waals surface area contributed by atoms with Gasteiger partial charge < -0.3 is 5.11 Å². The average molecular weight is 430 g/mol. The lowest BCUT2D eigenvalue weighted by Crippen LogP contribution is -2.13. The summed E-state index contributed by atoms with van der Waals surface area (Å²) in [7, 11) is -3.89. The van der Waals surface area contributed by atoms with Gasteiger partial charge in [-0.2, -0.15) is 4.80 Å². The largest absolute Gasteiger partial charge is 0.506 e. The van der Waals surface area contributed by atoms with Gasteiger partial charge >= 0.3 is 0 Å². The molecule has 0 fully saturated rings. The smallest absolute Gasteiger partial charge is 0.262 e. The van der Waals surface area contributed by atoms with Crippen LogP contribution in [0.1, 0.15) is 5.56 Å². The van der Waals surface area contributed by atoms with Crippen molar-refractivity contribution < 1.29 is 13.5 Å². The Morgan fingerprint density at radius 3 is 2.19 bits per heavy atom. The van der Waals surface area contributed by atoms with Crippen LogP contribution in [0.4, 0.5) is 5.69 Å². The highest BCUT2D eigenvalue weighted by Gasteiger charge is 2.19. The van der Waals surface area contributed by atoms with E-state index in [1.165, 1.54) is 10.9 Å². The molecule has 0 atom stereocenters. The molecule has 4 aromatic carbocycles. The molecule has 0 amide bonds. The molecule has 0 bridgehead atoms. The first-order chi connectivity index (χ1) is 14.9. The molecular weight excluding hydrogens is 412 g/mol. The predicted octanol–water partition coefficient (Wildman–Crippen LogP) is 4.39. The van der Waals surface area contributed by atoms with Gasteiger partial charge in [-0.3, -0.25) is 4.72 Å². The Labute approximate surface area is 178 Å². The number of hydrogen-bond donors (Lipinski definition) is 2. The number of phenols is 1. The SMILES string of the molecule is Cc1cc(NS(=O)(=O)c2ccc3ccccc3c2)c(O)cc1-n1nc2ccccc2n1. The van der Waals surface area contributed by atoms with E-state index in [1.807, 2.05) is 48.5 Å². The van der Waals surface area contributed by atoms with Gasteiger partial charge in [0.2, 0.25) is 0 Å². The summed E-state index contributed by atoms with van der Waals surface area (Å²) >= 11 is 0. The van der Waals surface area contributed by atoms with Crippen molar-refractivity contribution in [2.45, 2.75) is 11.8 Å². The number of aromatic hydroxyl groups is 1. The molecule has 0 spiro atoms. The maximum absolute atomic E-state index is 12.9. The van der Waals surface area contributed by atoms with Gasteiger partial charge in [0.1, 0.15) is 16.8 Å². The number of anilines is 1. The van der Waals surface area contributed by atoms with Crippen LogP contribution in [0.3, 0.4) is 0 Å². The molecule has 0 radical (unpaired) electrons. The number of hydrogen-bond acceptors (Lipinski definition) is 5. The van der Waals surface area contributed by atoms with E-state index in [2.05, 4.69) is 14.9 Å². The van der Waals surface area contributed by atoms with Gasteiger partial charge in [-0.15, -0.1) is 10.2 Å². The molecule has 0 saturated heterocycles. The number of aryl methyl sites for hydroxylation is 1. The molecule has 31 heavy (non-hydrogen) atoms. The third-order valence-corrected chi connectivity index (χ3v) is 6.46. The quantitative estimate of drug-likeness (QED) is 0.412. The van der Waals surface area contributed by atoms with E-state index in [0.29, 0.717) is 11.3 Å². The van der Waals surface area contributed by atoms with Gasteiger partial charge in [-0.1, -0.05) is 42.5 Å². The van der Waals surface area contributed by atoms with Gasteiger partial charge in [-0.25, -0.2) is 8.42 Å². The molecule has 154 valence electrons. The molecule has 8 heteroatoms. The summed E-state index contributed by atoms with van der Waals surface area (Å²) in [4.78, 5) is 1.55. The van der Waals surface area contributed by atoms with Crippen molar-refractivity contribution in [2.24, 2.45) is 0 Å². The van der Waals surface area contributed by atoms with Gasteiger partial charge in [0.25, 0.3) is 10.0 Å². The number of fused-ring (bicyclic) bond motifs is 2. The van der Waals surface area contributed by atoms with E-state index in [0.717, 1.165) is 21.8 Å². The number of benzene rings is 4. The fourth-order valence-electron chi connectivity index (χ4n) is 3.49. The highest BCUT2D eigenvalue weighted by atomic mass is 32.2. The Kier molecular flexibility index (Phi) is 4.37. The standard InChI is InChI=1S/C23H18N4O3S/c1-15-12-21(23(28)14-22(15)27-24-19-8-4-5-9-20(19)25-27)26-31(29,30)18-11-10-16-6-2-3-7-17(16)13-18/h2-14,26,28H,1H3. The van der Waals surface area contributed by atoms with Crippen molar-refractivity contribution in [3.8, 4) is 11.4 Å². The molecule has 0 unspecified atom stereocenters. The highest BCUT2D eigenvalue weighted by Crippen LogP contribution is 2.31. The van der Waals surface area contributed by atoms with Crippen molar-refractivity contribution in [3.63, 3.8) is 0 Å². The summed E-state index contributed by atoms with van der Waals surface area (Å²) in [5, 5.41) is 21.1. The number of aromatic nitrogens is 3. The fraction of sp³-hybridized carbons (Fsp3) is 0.0435. The Morgan fingerprint density at radius 2 is 1.48 bits per heavy atom. The first-order valence-electron chi connectivity index (χ1n) is 9.58. The molecule has 0 saturated carbocycles. The first-order valence-corrected chi connectivity index (χ1v) is 11.1. The van der Waals surface area contributed by atoms with Gasteiger partial charge in [0.05, 0.1) is 16.3 Å². The normalized spacial score (nSPS) is 11.8. The predicted molar refractivity (Wildman–Crippen MR) is 120 cm³/mol. The molecule has 1 aromatic heterocycles. The number of nitrogens with zero attached hydrogens (tertiary/aromatic N) is 3. The Morgan fingerprint density at radius 1 is 0.839 bits per heavy atom. The molecular formula is C23H18N4O3S. The zero-order chi connectivity index (χ0) is 21.6. The van der Waals surface area contributed by atoms with Gasteiger partial charge in [0.15, 0.2) is 0 Å². The van der Waals surface area contributed by atoms with Crippen molar-refractivity contribution in [1.82, 2.24) is 15.0 Å². The zero-order valence-corrected chi connectivity index (χ0v) is 17.3. The third kappa shape index (κ3) is 3.47. The number of rotatable bonds is 4. The van der Waals surface area contributed by atoms with Crippen LogP contribution in [-0.4, -0.2) is 28.5 Å². The second-order valence-electron chi connectivity index (χ2n) is 7.25. The van der Waals surface area contributed by atoms with E-state index in [9.17, 15) is 13.5 Å². The third-order valence-electron chi connectivity index (χ3n) is 5.09. The van der Waals surface area contributed by atoms with E-state index < -0.39 is 10.0 Å². The van der Waals surface area contributed by atoms with Gasteiger partial charge in [-0.05, 0) is 53.6 Å². The lowest BCUT2D eigenvalue weighted by Gasteiger charge is -2.13. The summed E-state index contributed by atoms with van der Waals surface area (Å²) in [6, 6.07) is 22.9.